The van der Waals surface area contributed by atoms with Crippen molar-refractivity contribution in [1.82, 2.24) is 24.1 Å². The molecule has 12 rings (SSSR count). The third kappa shape index (κ3) is 4.06. The van der Waals surface area contributed by atoms with E-state index in [4.69, 9.17) is 15.0 Å². The van der Waals surface area contributed by atoms with E-state index < -0.39 is 0 Å². The Balaban J connectivity index is 1.27. The first-order valence-electron chi connectivity index (χ1n) is 18.3. The highest BCUT2D eigenvalue weighted by atomic mass is 15.2. The van der Waals surface area contributed by atoms with Crippen LogP contribution >= 0.6 is 0 Å². The van der Waals surface area contributed by atoms with Gasteiger partial charge in [0.05, 0.1) is 27.8 Å². The lowest BCUT2D eigenvalue weighted by atomic mass is 9.93. The Kier molecular flexibility index (Phi) is 5.99. The van der Waals surface area contributed by atoms with Crippen molar-refractivity contribution < 1.29 is 0 Å². The molecule has 5 heteroatoms. The van der Waals surface area contributed by atoms with Crippen molar-refractivity contribution in [3.63, 3.8) is 0 Å². The molecular formula is C49H29N5. The lowest BCUT2D eigenvalue weighted by Crippen LogP contribution is -2.06. The summed E-state index contributed by atoms with van der Waals surface area (Å²) < 4.78 is 4.75. The molecular weight excluding hydrogens is 659 g/mol. The van der Waals surface area contributed by atoms with E-state index in [9.17, 15) is 0 Å². The van der Waals surface area contributed by atoms with Crippen LogP contribution in [-0.2, 0) is 0 Å². The smallest absolute Gasteiger partial charge is 0.238 e. The first kappa shape index (κ1) is 29.2. The third-order valence-electron chi connectivity index (χ3n) is 11.1. The Labute approximate surface area is 310 Å². The largest absolute Gasteiger partial charge is 0.308 e. The molecule has 0 aliphatic carbocycles. The molecule has 0 radical (unpaired) electrons. The average molecular weight is 688 g/mol. The van der Waals surface area contributed by atoms with Crippen LogP contribution in [0.15, 0.2) is 176 Å². The number of fused-ring (bicyclic) bond motifs is 13. The Morgan fingerprint density at radius 1 is 0.352 bits per heavy atom. The minimum Gasteiger partial charge on any atom is -0.308 e. The summed E-state index contributed by atoms with van der Waals surface area (Å²) in [5, 5.41) is 7.20. The Morgan fingerprint density at radius 2 is 0.963 bits per heavy atom. The second kappa shape index (κ2) is 11.1. The molecule has 4 heterocycles. The number of nitrogens with zero attached hydrogens (tertiary/aromatic N) is 5. The molecule has 0 unspecified atom stereocenters. The van der Waals surface area contributed by atoms with Crippen molar-refractivity contribution in [2.45, 2.75) is 0 Å². The Hall–Kier alpha value is -7.37. The summed E-state index contributed by atoms with van der Waals surface area (Å²) in [5.74, 6) is 1.84. The molecule has 5 nitrogen and oxygen atoms in total. The van der Waals surface area contributed by atoms with E-state index in [2.05, 4.69) is 149 Å². The summed E-state index contributed by atoms with van der Waals surface area (Å²) in [6.45, 7) is 0. The molecule has 0 bridgehead atoms. The molecule has 1 aliphatic heterocycles. The lowest BCUT2D eigenvalue weighted by Gasteiger charge is -2.15. The molecule has 0 atom stereocenters. The van der Waals surface area contributed by atoms with Gasteiger partial charge in [0, 0.05) is 43.8 Å². The zero-order valence-corrected chi connectivity index (χ0v) is 29.0. The first-order valence-corrected chi connectivity index (χ1v) is 18.3. The van der Waals surface area contributed by atoms with Crippen molar-refractivity contribution in [1.29, 1.82) is 0 Å². The number of hydrogen-bond donors (Lipinski definition) is 0. The topological polar surface area (TPSA) is 48.5 Å². The van der Waals surface area contributed by atoms with Gasteiger partial charge in [0.2, 0.25) is 5.95 Å². The summed E-state index contributed by atoms with van der Waals surface area (Å²) in [6.07, 6.45) is 0. The Morgan fingerprint density at radius 3 is 1.72 bits per heavy atom. The van der Waals surface area contributed by atoms with E-state index in [1.807, 2.05) is 36.4 Å². The Bertz CT molecular complexity index is 3260. The molecule has 3 aromatic heterocycles. The normalized spacial score (nSPS) is 12.1. The monoisotopic (exact) mass is 687 g/mol. The van der Waals surface area contributed by atoms with Gasteiger partial charge in [0.25, 0.3) is 0 Å². The van der Waals surface area contributed by atoms with Gasteiger partial charge in [0.15, 0.2) is 11.6 Å². The van der Waals surface area contributed by atoms with Gasteiger partial charge in [-0.05, 0) is 46.2 Å². The van der Waals surface area contributed by atoms with E-state index in [0.29, 0.717) is 17.6 Å². The van der Waals surface area contributed by atoms with Crippen molar-refractivity contribution in [3.05, 3.63) is 176 Å². The van der Waals surface area contributed by atoms with Crippen LogP contribution in [0.25, 0.3) is 111 Å². The van der Waals surface area contributed by atoms with Gasteiger partial charge in [-0.1, -0.05) is 152 Å². The minimum atomic E-state index is 0.580. The van der Waals surface area contributed by atoms with Crippen LogP contribution in [0, 0.1) is 0 Å². The highest BCUT2D eigenvalue weighted by Crippen LogP contribution is 2.49. The van der Waals surface area contributed by atoms with Crippen LogP contribution in [0.5, 0.6) is 0 Å². The van der Waals surface area contributed by atoms with Gasteiger partial charge in [-0.2, -0.15) is 9.97 Å². The van der Waals surface area contributed by atoms with Crippen LogP contribution in [0.2, 0.25) is 0 Å². The fourth-order valence-electron chi connectivity index (χ4n) is 8.77. The molecule has 0 fully saturated rings. The summed E-state index contributed by atoms with van der Waals surface area (Å²) in [5.41, 5.74) is 12.3. The molecule has 0 saturated heterocycles. The van der Waals surface area contributed by atoms with E-state index in [0.717, 1.165) is 38.8 Å². The number of aromatic nitrogens is 5. The van der Waals surface area contributed by atoms with Crippen molar-refractivity contribution in [2.75, 3.05) is 0 Å². The van der Waals surface area contributed by atoms with E-state index >= 15 is 0 Å². The second-order valence-electron chi connectivity index (χ2n) is 14.0. The van der Waals surface area contributed by atoms with Crippen LogP contribution in [0.3, 0.4) is 0 Å². The number of benzene rings is 8. The van der Waals surface area contributed by atoms with Gasteiger partial charge in [-0.15, -0.1) is 0 Å². The summed E-state index contributed by atoms with van der Waals surface area (Å²) >= 11 is 0. The molecule has 11 aromatic rings. The van der Waals surface area contributed by atoms with Gasteiger partial charge >= 0.3 is 0 Å². The third-order valence-corrected chi connectivity index (χ3v) is 11.1. The summed E-state index contributed by atoms with van der Waals surface area (Å²) in [4.78, 5) is 15.6. The minimum absolute atomic E-state index is 0.580. The molecule has 8 aromatic carbocycles. The zero-order chi connectivity index (χ0) is 35.3. The van der Waals surface area contributed by atoms with E-state index in [1.54, 1.807) is 0 Å². The van der Waals surface area contributed by atoms with Crippen LogP contribution in [0.4, 0.5) is 0 Å². The van der Waals surface area contributed by atoms with Gasteiger partial charge < -0.3 is 4.57 Å². The van der Waals surface area contributed by atoms with Crippen LogP contribution in [0.1, 0.15) is 0 Å². The maximum atomic E-state index is 5.26. The number of para-hydroxylation sites is 2. The molecule has 0 spiro atoms. The van der Waals surface area contributed by atoms with Gasteiger partial charge in [0.1, 0.15) is 0 Å². The second-order valence-corrected chi connectivity index (χ2v) is 14.0. The van der Waals surface area contributed by atoms with Crippen LogP contribution < -0.4 is 0 Å². The maximum Gasteiger partial charge on any atom is 0.238 e. The zero-order valence-electron chi connectivity index (χ0n) is 29.0. The molecule has 1 aliphatic rings. The van der Waals surface area contributed by atoms with Crippen molar-refractivity contribution in [2.24, 2.45) is 0 Å². The quantitative estimate of drug-likeness (QED) is 0.186. The average Bonchev–Trinajstić information content (AvgIpc) is 3.72. The highest BCUT2D eigenvalue weighted by molar-refractivity contribution is 6.23. The van der Waals surface area contributed by atoms with E-state index in [-0.39, 0.29) is 0 Å². The predicted molar refractivity (Wildman–Crippen MR) is 221 cm³/mol. The van der Waals surface area contributed by atoms with Crippen molar-refractivity contribution in [3.8, 4) is 56.7 Å². The standard InChI is InChI=1S/C49H29N5/c1-3-15-31(16-4-1)47-50-48(32-17-5-2-6-18-32)52-49(51-47)54-42-27-26-30-14-7-8-19-33(30)45(42)40-29-43-39(28-44(40)54)35-21-10-9-20-34(35)37-23-13-24-38-36-22-11-12-25-41(36)53(43)46(37)38/h1-29H. The molecule has 0 saturated carbocycles. The molecule has 0 amide bonds. The summed E-state index contributed by atoms with van der Waals surface area (Å²) in [7, 11) is 0. The van der Waals surface area contributed by atoms with E-state index in [1.165, 1.54) is 54.7 Å². The first-order chi connectivity index (χ1) is 26.8. The predicted octanol–water partition coefficient (Wildman–Crippen LogP) is 12.2. The molecule has 0 N–H and O–H groups in total. The van der Waals surface area contributed by atoms with Gasteiger partial charge in [-0.3, -0.25) is 4.57 Å². The fraction of sp³-hybridized carbons (Fsp3) is 0. The number of rotatable bonds is 3. The summed E-state index contributed by atoms with van der Waals surface area (Å²) in [6, 6.07) is 62.6. The maximum absolute atomic E-state index is 5.26. The molecule has 250 valence electrons. The van der Waals surface area contributed by atoms with Gasteiger partial charge in [-0.25, -0.2) is 4.98 Å². The molecule has 54 heavy (non-hydrogen) atoms. The highest BCUT2D eigenvalue weighted by Gasteiger charge is 2.27. The van der Waals surface area contributed by atoms with Crippen LogP contribution in [-0.4, -0.2) is 24.1 Å². The number of hydrogen-bond acceptors (Lipinski definition) is 3. The SMILES string of the molecule is c1ccc(-c2nc(-c3ccccc3)nc(-n3c4cc5c(cc4c4c6ccccc6ccc43)-n3c4ccccc4c4cccc(c43)-c3ccccc3-5)n2)cc1. The van der Waals surface area contributed by atoms with Crippen molar-refractivity contribution >= 4 is 54.4 Å². The fourth-order valence-corrected chi connectivity index (χ4v) is 8.77. The lowest BCUT2D eigenvalue weighted by molar-refractivity contribution is 0.953.